The molecule has 1 aromatic carbocycles. The Hall–Kier alpha value is -0.753. The van der Waals surface area contributed by atoms with Crippen LogP contribution >= 0.6 is 0 Å². The topological polar surface area (TPSA) is 49.7 Å². The fraction of sp³-hybridized carbons (Fsp3) is 0.455. The highest BCUT2D eigenvalue weighted by Gasteiger charge is 2.19. The Morgan fingerprint density at radius 2 is 1.81 bits per heavy atom. The molecule has 2 N–H and O–H groups in total. The summed E-state index contributed by atoms with van der Waals surface area (Å²) in [6.45, 7) is 0. The lowest BCUT2D eigenvalue weighted by Crippen LogP contribution is -2.30. The molecule has 0 aliphatic rings. The molecule has 0 fully saturated rings. The van der Waals surface area contributed by atoms with Gasteiger partial charge in [-0.2, -0.15) is 0 Å². The molecule has 1 aromatic rings. The molecule has 0 unspecified atom stereocenters. The normalized spacial score (nSPS) is 11.9. The van der Waals surface area contributed by atoms with Gasteiger partial charge in [-0.15, -0.1) is 0 Å². The number of unbranched alkanes of at least 4 members (excludes halogenated alkanes) is 1. The predicted molar refractivity (Wildman–Crippen MR) is 62.1 cm³/mol. The van der Waals surface area contributed by atoms with Gasteiger partial charge in [-0.3, -0.25) is 0 Å². The molecule has 0 radical (unpaired) electrons. The molecule has 0 heterocycles. The van der Waals surface area contributed by atoms with Gasteiger partial charge in [-0.25, -0.2) is 4.39 Å². The first-order valence-electron chi connectivity index (χ1n) is 5.28. The van der Waals surface area contributed by atoms with E-state index in [0.717, 1.165) is 18.4 Å². The molecule has 0 amide bonds. The minimum atomic E-state index is -1.96. The molecule has 0 aliphatic heterocycles. The lowest BCUT2D eigenvalue weighted by atomic mass is 10.1. The van der Waals surface area contributed by atoms with Crippen molar-refractivity contribution in [1.29, 1.82) is 0 Å². The first-order chi connectivity index (χ1) is 7.53. The van der Waals surface area contributed by atoms with E-state index in [9.17, 15) is 14.6 Å². The van der Waals surface area contributed by atoms with Crippen LogP contribution in [0.1, 0.15) is 24.8 Å². The first-order valence-corrected chi connectivity index (χ1v) is 6.09. The van der Waals surface area contributed by atoms with Crippen molar-refractivity contribution in [3.05, 3.63) is 35.6 Å². The molecule has 1 rings (SSSR count). The van der Waals surface area contributed by atoms with Crippen LogP contribution in [0, 0.1) is 5.82 Å². The van der Waals surface area contributed by atoms with Crippen LogP contribution in [0.2, 0.25) is 0 Å². The fourth-order valence-corrected chi connectivity index (χ4v) is 1.64. The van der Waals surface area contributed by atoms with Gasteiger partial charge >= 0.3 is 0 Å². The minimum absolute atomic E-state index is 0.206. The molecular weight excluding hydrogens is 227 g/mol. The van der Waals surface area contributed by atoms with E-state index in [-0.39, 0.29) is 12.2 Å². The van der Waals surface area contributed by atoms with E-state index in [4.69, 9.17) is 0 Å². The Labute approximate surface area is 97.4 Å². The third-order valence-electron chi connectivity index (χ3n) is 2.46. The highest BCUT2D eigenvalue weighted by molar-refractivity contribution is 5.98. The number of halogens is 1. The van der Waals surface area contributed by atoms with Crippen LogP contribution in [0.4, 0.5) is 4.39 Å². The summed E-state index contributed by atoms with van der Waals surface area (Å²) in [6, 6.07) is 6.34. The summed E-state index contributed by atoms with van der Waals surface area (Å²) in [4.78, 5) is 0. The smallest absolute Gasteiger partial charge is 0.267 e. The molecular formula is C11H17FO3Si. The largest absolute Gasteiger partial charge is 0.381 e. The van der Waals surface area contributed by atoms with Crippen molar-refractivity contribution < 1.29 is 19.0 Å². The molecule has 3 nitrogen and oxygen atoms in total. The lowest BCUT2D eigenvalue weighted by Gasteiger charge is -2.19. The minimum Gasteiger partial charge on any atom is -0.381 e. The number of aryl methyl sites for hydroxylation is 1. The second kappa shape index (κ2) is 6.10. The van der Waals surface area contributed by atoms with Crippen LogP contribution < -0.4 is 0 Å². The average molecular weight is 244 g/mol. The van der Waals surface area contributed by atoms with E-state index < -0.39 is 5.97 Å². The van der Waals surface area contributed by atoms with Gasteiger partial charge in [0.1, 0.15) is 5.82 Å². The summed E-state index contributed by atoms with van der Waals surface area (Å²) < 4.78 is 17.2. The van der Waals surface area contributed by atoms with Gasteiger partial charge in [-0.05, 0) is 37.0 Å². The zero-order valence-electron chi connectivity index (χ0n) is 9.32. The number of hydrogen-bond acceptors (Lipinski definition) is 3. The summed E-state index contributed by atoms with van der Waals surface area (Å²) in [7, 11) is 0.299. The summed E-state index contributed by atoms with van der Waals surface area (Å²) >= 11 is 0. The third kappa shape index (κ3) is 4.85. The molecule has 90 valence electrons. The Balaban J connectivity index is 2.23. The van der Waals surface area contributed by atoms with E-state index in [1.165, 1.54) is 12.1 Å². The molecule has 0 bridgehead atoms. The fourth-order valence-electron chi connectivity index (χ4n) is 1.44. The molecule has 16 heavy (non-hydrogen) atoms. The first kappa shape index (κ1) is 13.3. The van der Waals surface area contributed by atoms with Gasteiger partial charge in [-0.1, -0.05) is 12.1 Å². The second-order valence-electron chi connectivity index (χ2n) is 3.78. The maximum Gasteiger partial charge on any atom is 0.267 e. The average Bonchev–Trinajstić information content (AvgIpc) is 2.27. The van der Waals surface area contributed by atoms with Crippen molar-refractivity contribution in [3.63, 3.8) is 0 Å². The van der Waals surface area contributed by atoms with Gasteiger partial charge in [0.05, 0.1) is 0 Å². The van der Waals surface area contributed by atoms with Crippen molar-refractivity contribution in [2.45, 2.75) is 31.7 Å². The zero-order chi connectivity index (χ0) is 12.0. The molecule has 5 heteroatoms. The Bertz CT molecular complexity index is 314. The van der Waals surface area contributed by atoms with Crippen LogP contribution in [-0.2, 0) is 10.8 Å². The second-order valence-corrected chi connectivity index (χ2v) is 4.19. The molecule has 0 saturated carbocycles. The molecule has 0 atom stereocenters. The van der Waals surface area contributed by atoms with E-state index >= 15 is 0 Å². The van der Waals surface area contributed by atoms with Crippen LogP contribution in [-0.4, -0.2) is 26.7 Å². The molecule has 0 saturated heterocycles. The number of benzene rings is 1. The monoisotopic (exact) mass is 244 g/mol. The van der Waals surface area contributed by atoms with Crippen molar-refractivity contribution >= 4 is 10.5 Å². The quantitative estimate of drug-likeness (QED) is 0.434. The Morgan fingerprint density at radius 1 is 1.19 bits per heavy atom. The summed E-state index contributed by atoms with van der Waals surface area (Å²) in [5.41, 5.74) is 1.05. The van der Waals surface area contributed by atoms with Crippen molar-refractivity contribution in [2.24, 2.45) is 0 Å². The van der Waals surface area contributed by atoms with Crippen LogP contribution in [0.25, 0.3) is 0 Å². The van der Waals surface area contributed by atoms with Crippen LogP contribution in [0.3, 0.4) is 0 Å². The van der Waals surface area contributed by atoms with Crippen LogP contribution in [0.15, 0.2) is 24.3 Å². The van der Waals surface area contributed by atoms with Crippen molar-refractivity contribution in [3.8, 4) is 0 Å². The lowest BCUT2D eigenvalue weighted by molar-refractivity contribution is -0.295. The maximum atomic E-state index is 12.6. The Kier molecular flexibility index (Phi) is 5.07. The summed E-state index contributed by atoms with van der Waals surface area (Å²) in [5.74, 6) is -2.20. The molecule has 0 aliphatic carbocycles. The van der Waals surface area contributed by atoms with E-state index in [0.29, 0.717) is 16.9 Å². The Morgan fingerprint density at radius 3 is 2.38 bits per heavy atom. The van der Waals surface area contributed by atoms with Gasteiger partial charge in [0, 0.05) is 6.42 Å². The van der Waals surface area contributed by atoms with Gasteiger partial charge in [0.2, 0.25) is 0 Å². The SMILES string of the molecule is OC(O)(CCCCc1ccc(F)cc1)O[SiH3]. The van der Waals surface area contributed by atoms with E-state index in [1.54, 1.807) is 12.1 Å². The van der Waals surface area contributed by atoms with Crippen molar-refractivity contribution in [2.75, 3.05) is 0 Å². The van der Waals surface area contributed by atoms with Gasteiger partial charge < -0.3 is 14.6 Å². The van der Waals surface area contributed by atoms with Crippen LogP contribution in [0.5, 0.6) is 0 Å². The third-order valence-corrected chi connectivity index (χ3v) is 3.11. The predicted octanol–water partition coefficient (Wildman–Crippen LogP) is 0.474. The maximum absolute atomic E-state index is 12.6. The van der Waals surface area contributed by atoms with Gasteiger partial charge in [0.15, 0.2) is 10.5 Å². The summed E-state index contributed by atoms with van der Waals surface area (Å²) in [6.07, 6.45) is 2.49. The molecule has 0 spiro atoms. The van der Waals surface area contributed by atoms with Crippen molar-refractivity contribution in [1.82, 2.24) is 0 Å². The molecule has 0 aromatic heterocycles. The highest BCUT2D eigenvalue weighted by atomic mass is 28.2. The zero-order valence-corrected chi connectivity index (χ0v) is 11.3. The van der Waals surface area contributed by atoms with E-state index in [1.807, 2.05) is 0 Å². The van der Waals surface area contributed by atoms with Gasteiger partial charge in [0.25, 0.3) is 5.97 Å². The number of hydrogen-bond donors (Lipinski definition) is 2. The standard InChI is InChI=1S/C11H17FO3Si/c12-10-6-4-9(5-7-10)3-1-2-8-11(13,14)15-16/h4-7,13-14H,1-3,8H2,16H3. The van der Waals surface area contributed by atoms with E-state index in [2.05, 4.69) is 4.43 Å². The number of aliphatic hydroxyl groups is 2. The highest BCUT2D eigenvalue weighted by Crippen LogP contribution is 2.13. The number of rotatable bonds is 6. The summed E-state index contributed by atoms with van der Waals surface area (Å²) in [5, 5.41) is 18.4.